The van der Waals surface area contributed by atoms with E-state index in [9.17, 15) is 4.79 Å². The fraction of sp³-hybridized carbons (Fsp3) is 0.500. The summed E-state index contributed by atoms with van der Waals surface area (Å²) in [5.41, 5.74) is 0.736. The van der Waals surface area contributed by atoms with Crippen molar-refractivity contribution >= 4 is 11.7 Å². The van der Waals surface area contributed by atoms with Gasteiger partial charge >= 0.3 is 0 Å². The molecule has 3 aromatic rings. The number of aromatic nitrogens is 4. The highest BCUT2D eigenvalue weighted by molar-refractivity contribution is 5.79. The summed E-state index contributed by atoms with van der Waals surface area (Å²) in [6.07, 6.45) is 6.61. The Bertz CT molecular complexity index is 1010. The maximum Gasteiger partial charge on any atom is 0.263 e. The molecule has 1 aliphatic heterocycles. The second-order valence-corrected chi connectivity index (χ2v) is 7.96. The van der Waals surface area contributed by atoms with Gasteiger partial charge in [-0.25, -0.2) is 9.97 Å². The third kappa shape index (κ3) is 4.76. The van der Waals surface area contributed by atoms with E-state index < -0.39 is 0 Å². The van der Waals surface area contributed by atoms with Crippen molar-refractivity contribution in [1.29, 1.82) is 0 Å². The van der Waals surface area contributed by atoms with Gasteiger partial charge in [0.15, 0.2) is 5.82 Å². The zero-order valence-corrected chi connectivity index (χ0v) is 18.2. The van der Waals surface area contributed by atoms with Crippen molar-refractivity contribution in [1.82, 2.24) is 25.0 Å². The van der Waals surface area contributed by atoms with Gasteiger partial charge in [-0.1, -0.05) is 12.1 Å². The zero-order valence-electron chi connectivity index (χ0n) is 18.2. The van der Waals surface area contributed by atoms with Gasteiger partial charge < -0.3 is 18.7 Å². The quantitative estimate of drug-likeness (QED) is 0.570. The summed E-state index contributed by atoms with van der Waals surface area (Å²) in [4.78, 5) is 30.3. The van der Waals surface area contributed by atoms with Crippen molar-refractivity contribution < 1.29 is 13.7 Å². The molecule has 3 aromatic heterocycles. The SMILES string of the molecule is CCCc1noc(-c2cnc(C)nc2N2CCC(C(=O)N(C)Cc3ccco3)CC2)n1. The average Bonchev–Trinajstić information content (AvgIpc) is 3.46. The molecule has 1 amide bonds. The Balaban J connectivity index is 1.44. The first-order valence-corrected chi connectivity index (χ1v) is 10.7. The smallest absolute Gasteiger partial charge is 0.263 e. The third-order valence-electron chi connectivity index (χ3n) is 5.55. The Hall–Kier alpha value is -3.23. The molecule has 0 aromatic carbocycles. The Morgan fingerprint density at radius 2 is 2.10 bits per heavy atom. The van der Waals surface area contributed by atoms with Crippen molar-refractivity contribution in [3.05, 3.63) is 42.0 Å². The van der Waals surface area contributed by atoms with Gasteiger partial charge in [0.25, 0.3) is 5.89 Å². The highest BCUT2D eigenvalue weighted by atomic mass is 16.5. The van der Waals surface area contributed by atoms with Gasteiger partial charge in [-0.05, 0) is 38.3 Å². The predicted molar refractivity (Wildman–Crippen MR) is 114 cm³/mol. The molecule has 0 bridgehead atoms. The summed E-state index contributed by atoms with van der Waals surface area (Å²) in [5.74, 6) is 3.52. The number of amides is 1. The monoisotopic (exact) mass is 424 g/mol. The lowest BCUT2D eigenvalue weighted by molar-refractivity contribution is -0.135. The standard InChI is InChI=1S/C22H28N6O3/c1-4-6-19-25-21(31-26-19)18-13-23-15(2)24-20(18)28-10-8-16(9-11-28)22(29)27(3)14-17-7-5-12-30-17/h5,7,12-13,16H,4,6,8-11,14H2,1-3H3. The van der Waals surface area contributed by atoms with Crippen LogP contribution in [0.3, 0.4) is 0 Å². The van der Waals surface area contributed by atoms with E-state index in [2.05, 4.69) is 31.9 Å². The molecule has 0 atom stereocenters. The number of hydrogen-bond acceptors (Lipinski definition) is 8. The van der Waals surface area contributed by atoms with Gasteiger partial charge in [0.2, 0.25) is 5.91 Å². The van der Waals surface area contributed by atoms with E-state index in [1.54, 1.807) is 17.4 Å². The minimum Gasteiger partial charge on any atom is -0.467 e. The molecule has 0 unspecified atom stereocenters. The van der Waals surface area contributed by atoms with Crippen LogP contribution in [0.4, 0.5) is 5.82 Å². The number of hydrogen-bond donors (Lipinski definition) is 0. The van der Waals surface area contributed by atoms with E-state index in [0.717, 1.165) is 55.9 Å². The fourth-order valence-electron chi connectivity index (χ4n) is 3.90. The van der Waals surface area contributed by atoms with E-state index >= 15 is 0 Å². The number of aryl methyl sites for hydroxylation is 2. The van der Waals surface area contributed by atoms with E-state index in [1.807, 2.05) is 26.1 Å². The van der Waals surface area contributed by atoms with E-state index in [-0.39, 0.29) is 11.8 Å². The Morgan fingerprint density at radius 1 is 1.29 bits per heavy atom. The molecule has 1 fully saturated rings. The van der Waals surface area contributed by atoms with Gasteiger partial charge in [0, 0.05) is 38.7 Å². The normalized spacial score (nSPS) is 14.7. The van der Waals surface area contributed by atoms with Gasteiger partial charge in [0.05, 0.1) is 12.8 Å². The number of carbonyl (C=O) groups excluding carboxylic acids is 1. The molecule has 0 saturated carbocycles. The van der Waals surface area contributed by atoms with Crippen LogP contribution >= 0.6 is 0 Å². The van der Waals surface area contributed by atoms with E-state index in [0.29, 0.717) is 24.1 Å². The molecular weight excluding hydrogens is 396 g/mol. The predicted octanol–water partition coefficient (Wildman–Crippen LogP) is 3.26. The lowest BCUT2D eigenvalue weighted by Gasteiger charge is -2.34. The number of nitrogens with zero attached hydrogens (tertiary/aromatic N) is 6. The highest BCUT2D eigenvalue weighted by Gasteiger charge is 2.30. The van der Waals surface area contributed by atoms with Crippen molar-refractivity contribution in [3.63, 3.8) is 0 Å². The molecule has 9 heteroatoms. The van der Waals surface area contributed by atoms with Crippen LogP contribution in [0, 0.1) is 12.8 Å². The molecule has 0 radical (unpaired) electrons. The van der Waals surface area contributed by atoms with Crippen molar-refractivity contribution in [2.24, 2.45) is 5.92 Å². The Kier molecular flexibility index (Phi) is 6.29. The summed E-state index contributed by atoms with van der Waals surface area (Å²) < 4.78 is 10.8. The first kappa shape index (κ1) is 21.0. The van der Waals surface area contributed by atoms with Crippen molar-refractivity contribution in [2.45, 2.75) is 46.1 Å². The van der Waals surface area contributed by atoms with Gasteiger partial charge in [-0.15, -0.1) is 0 Å². The molecule has 0 spiro atoms. The topological polar surface area (TPSA) is 101 Å². The van der Waals surface area contributed by atoms with Gasteiger partial charge in [-0.3, -0.25) is 4.79 Å². The molecule has 0 N–H and O–H groups in total. The van der Waals surface area contributed by atoms with Crippen LogP contribution in [0.15, 0.2) is 33.5 Å². The number of carbonyl (C=O) groups is 1. The second-order valence-electron chi connectivity index (χ2n) is 7.96. The van der Waals surface area contributed by atoms with Crippen LogP contribution in [0.1, 0.15) is 43.6 Å². The summed E-state index contributed by atoms with van der Waals surface area (Å²) in [5, 5.41) is 4.06. The van der Waals surface area contributed by atoms with Gasteiger partial charge in [-0.2, -0.15) is 4.98 Å². The maximum absolute atomic E-state index is 12.9. The van der Waals surface area contributed by atoms with E-state index in [1.165, 1.54) is 0 Å². The molecule has 4 rings (SSSR count). The average molecular weight is 425 g/mol. The summed E-state index contributed by atoms with van der Waals surface area (Å²) in [6.45, 7) is 5.88. The molecule has 9 nitrogen and oxygen atoms in total. The first-order valence-electron chi connectivity index (χ1n) is 10.7. The third-order valence-corrected chi connectivity index (χ3v) is 5.55. The van der Waals surface area contributed by atoms with Crippen LogP contribution in [0.25, 0.3) is 11.5 Å². The number of rotatable bonds is 7. The molecule has 4 heterocycles. The van der Waals surface area contributed by atoms with Crippen molar-refractivity contribution in [2.75, 3.05) is 25.0 Å². The molecule has 1 aliphatic rings. The number of anilines is 1. The summed E-state index contributed by atoms with van der Waals surface area (Å²) in [7, 11) is 1.83. The van der Waals surface area contributed by atoms with Crippen molar-refractivity contribution in [3.8, 4) is 11.5 Å². The Morgan fingerprint density at radius 3 is 2.81 bits per heavy atom. The van der Waals surface area contributed by atoms with E-state index in [4.69, 9.17) is 8.94 Å². The lowest BCUT2D eigenvalue weighted by Crippen LogP contribution is -2.41. The number of furan rings is 1. The zero-order chi connectivity index (χ0) is 21.8. The largest absolute Gasteiger partial charge is 0.467 e. The van der Waals surface area contributed by atoms with Crippen LogP contribution < -0.4 is 4.90 Å². The molecule has 31 heavy (non-hydrogen) atoms. The van der Waals surface area contributed by atoms with Crippen LogP contribution in [0.5, 0.6) is 0 Å². The van der Waals surface area contributed by atoms with Gasteiger partial charge in [0.1, 0.15) is 23.0 Å². The number of piperidine rings is 1. The van der Waals surface area contributed by atoms with Crippen LogP contribution in [0.2, 0.25) is 0 Å². The minimum atomic E-state index is -0.0119. The summed E-state index contributed by atoms with van der Waals surface area (Å²) >= 11 is 0. The Labute approximate surface area is 181 Å². The minimum absolute atomic E-state index is 0.0119. The maximum atomic E-state index is 12.9. The highest BCUT2D eigenvalue weighted by Crippen LogP contribution is 2.31. The van der Waals surface area contributed by atoms with Crippen LogP contribution in [-0.4, -0.2) is 51.1 Å². The summed E-state index contributed by atoms with van der Waals surface area (Å²) in [6, 6.07) is 3.72. The molecule has 1 saturated heterocycles. The molecular formula is C22H28N6O3. The molecule has 0 aliphatic carbocycles. The first-order chi connectivity index (χ1) is 15.0. The lowest BCUT2D eigenvalue weighted by atomic mass is 9.95. The second kappa shape index (κ2) is 9.28. The molecule has 164 valence electrons. The fourth-order valence-corrected chi connectivity index (χ4v) is 3.90. The van der Waals surface area contributed by atoms with Crippen LogP contribution in [-0.2, 0) is 17.8 Å².